The molecule has 0 spiro atoms. The van der Waals surface area contributed by atoms with Gasteiger partial charge in [-0.05, 0) is 51.8 Å². The summed E-state index contributed by atoms with van der Waals surface area (Å²) in [6.07, 6.45) is 5.83. The number of allylic oxidation sites excluding steroid dienone is 5. The van der Waals surface area contributed by atoms with Crippen LogP contribution in [0.5, 0.6) is 0 Å². The van der Waals surface area contributed by atoms with E-state index >= 15 is 0 Å². The number of nitrogens with one attached hydrogen (secondary N) is 1. The lowest BCUT2D eigenvalue weighted by Gasteiger charge is -2.40. The number of aliphatic hydroxyl groups is 1. The van der Waals surface area contributed by atoms with Gasteiger partial charge in [-0.3, -0.25) is 19.2 Å². The lowest BCUT2D eigenvalue weighted by Crippen LogP contribution is -2.60. The second-order valence-electron chi connectivity index (χ2n) is 13.0. The van der Waals surface area contributed by atoms with Gasteiger partial charge >= 0.3 is 11.9 Å². The van der Waals surface area contributed by atoms with Crippen molar-refractivity contribution in [2.24, 2.45) is 5.92 Å². The molecule has 1 saturated heterocycles. The quantitative estimate of drug-likeness (QED) is 0.168. The number of benzene rings is 1. The maximum Gasteiger partial charge on any atom is 0.519 e. The highest BCUT2D eigenvalue weighted by atomic mass is 32.2. The minimum absolute atomic E-state index is 0.0136. The zero-order chi connectivity index (χ0) is 39.2. The molecule has 5 atom stereocenters. The van der Waals surface area contributed by atoms with Gasteiger partial charge < -0.3 is 28.5 Å². The summed E-state index contributed by atoms with van der Waals surface area (Å²) in [5, 5.41) is 15.8. The number of alkyl carbamates (subject to hydrolysis) is 1. The Kier molecular flexibility index (Phi) is 13.0. The third-order valence-electron chi connectivity index (χ3n) is 9.19. The molecular weight excluding hydrogens is 759 g/mol. The number of thioether (sulfide) groups is 1. The van der Waals surface area contributed by atoms with E-state index in [0.717, 1.165) is 9.87 Å². The van der Waals surface area contributed by atoms with Gasteiger partial charge in [0.05, 0.1) is 35.8 Å². The van der Waals surface area contributed by atoms with Crippen LogP contribution < -0.4 is 11.1 Å². The van der Waals surface area contributed by atoms with E-state index in [2.05, 4.69) is 10.3 Å². The molecule has 5 rings (SSSR count). The molecule has 1 aromatic carbocycles. The van der Waals surface area contributed by atoms with Crippen LogP contribution in [0.2, 0.25) is 0 Å². The Labute approximate surface area is 322 Å². The number of aryl methyl sites for hydroxylation is 1. The van der Waals surface area contributed by atoms with Crippen LogP contribution in [0, 0.1) is 12.8 Å². The molecule has 1 fully saturated rings. The van der Waals surface area contributed by atoms with E-state index in [1.807, 2.05) is 6.07 Å². The first-order chi connectivity index (χ1) is 25.6. The molecule has 4 heterocycles. The van der Waals surface area contributed by atoms with E-state index in [1.54, 1.807) is 55.6 Å². The number of aromatic nitrogens is 1. The van der Waals surface area contributed by atoms with Crippen LogP contribution in [-0.2, 0) is 47.6 Å². The van der Waals surface area contributed by atoms with Crippen molar-refractivity contribution in [2.75, 3.05) is 6.54 Å². The first kappa shape index (κ1) is 40.6. The van der Waals surface area contributed by atoms with Gasteiger partial charge in [-0.25, -0.2) is 14.6 Å². The van der Waals surface area contributed by atoms with Crippen LogP contribution in [-0.4, -0.2) is 64.5 Å². The highest BCUT2D eigenvalue weighted by Gasteiger charge is 2.69. The van der Waals surface area contributed by atoms with Gasteiger partial charge in [0.15, 0.2) is 27.7 Å². The normalized spacial score (nSPS) is 25.2. The van der Waals surface area contributed by atoms with E-state index in [0.29, 0.717) is 28.0 Å². The number of carbonyl (C=O) groups excluding carboxylic acids is 5. The van der Waals surface area contributed by atoms with Crippen molar-refractivity contribution in [3.63, 3.8) is 0 Å². The average Bonchev–Trinajstić information content (AvgIpc) is 3.82. The van der Waals surface area contributed by atoms with Gasteiger partial charge in [0, 0.05) is 11.8 Å². The summed E-state index contributed by atoms with van der Waals surface area (Å²) >= 11 is -0.449. The SMILES string of the molecule is C/C1=C/[C@@H](C(=O)CNC(=O)OCc2ccccc2)C(=O)/C=C\C=C/c2csc(n2)[C@@H](C)N2C(=O)C[C@@]([C@@](C)(O)C(=O)SCc3oc(=O)oc3C)(CC1)[S+]2[O-]. The summed E-state index contributed by atoms with van der Waals surface area (Å²) in [4.78, 5) is 83.0. The van der Waals surface area contributed by atoms with Crippen LogP contribution in [0.4, 0.5) is 4.79 Å². The Hall–Kier alpha value is -4.55. The number of thiazole rings is 1. The lowest BCUT2D eigenvalue weighted by molar-refractivity contribution is -0.133. The number of hydrogen-bond acceptors (Lipinski definition) is 14. The van der Waals surface area contributed by atoms with Crippen molar-refractivity contribution < 1.29 is 47.2 Å². The third-order valence-corrected chi connectivity index (χ3v) is 13.6. The van der Waals surface area contributed by atoms with Crippen LogP contribution in [0.15, 0.2) is 79.2 Å². The largest absolute Gasteiger partial charge is 0.592 e. The number of hydrogen-bond donors (Lipinski definition) is 2. The lowest BCUT2D eigenvalue weighted by atomic mass is 9.81. The highest BCUT2D eigenvalue weighted by Crippen LogP contribution is 2.50. The molecule has 0 radical (unpaired) electrons. The second-order valence-corrected chi connectivity index (χ2v) is 16.5. The molecule has 0 aliphatic carbocycles. The summed E-state index contributed by atoms with van der Waals surface area (Å²) < 4.78 is 28.9. The summed E-state index contributed by atoms with van der Waals surface area (Å²) in [7, 11) is 0. The predicted molar refractivity (Wildman–Crippen MR) is 201 cm³/mol. The van der Waals surface area contributed by atoms with Crippen molar-refractivity contribution in [3.05, 3.63) is 104 Å². The van der Waals surface area contributed by atoms with Gasteiger partial charge in [-0.1, -0.05) is 65.9 Å². The van der Waals surface area contributed by atoms with Crippen molar-refractivity contribution in [1.82, 2.24) is 14.6 Å². The van der Waals surface area contributed by atoms with Gasteiger partial charge in [-0.15, -0.1) is 11.3 Å². The Balaban J connectivity index is 1.44. The number of amides is 2. The molecule has 2 aliphatic heterocycles. The molecule has 2 amide bonds. The number of carbonyl (C=O) groups is 5. The second kappa shape index (κ2) is 17.3. The summed E-state index contributed by atoms with van der Waals surface area (Å²) in [5.41, 5.74) is -0.669. The summed E-state index contributed by atoms with van der Waals surface area (Å²) in [5.74, 6) is -4.02. The third kappa shape index (κ3) is 9.03. The molecule has 17 heteroatoms. The maximum atomic E-state index is 14.6. The monoisotopic (exact) mass is 797 g/mol. The van der Waals surface area contributed by atoms with Gasteiger partial charge in [0.2, 0.25) is 5.12 Å². The standard InChI is InChI=1S/C37H39N3O11S3/c1-22-14-15-37(36(4,47)33(44)53-21-30-24(3)50-35(46)51-30)17-31(43)40(54(37)48)23(2)32-39-26(20-52-32)12-8-9-13-28(41)27(16-22)29(42)18-38-34(45)49-19-25-10-6-5-7-11-25/h5-13,16,20,23,27,47H,14-15,17-19,21H2,1-4H3,(H,38,45)/b12-8-,13-9-,22-16-/t23-,27-,36+,37-,54?/m1/s1. The minimum atomic E-state index is -2.37. The van der Waals surface area contributed by atoms with E-state index in [1.165, 1.54) is 43.4 Å². The number of fused-ring (bicyclic) bond motifs is 4. The van der Waals surface area contributed by atoms with Crippen molar-refractivity contribution in [2.45, 2.75) is 75.7 Å². The zero-order valence-corrected chi connectivity index (χ0v) is 32.3. The predicted octanol–water partition coefficient (Wildman–Crippen LogP) is 4.89. The van der Waals surface area contributed by atoms with Crippen molar-refractivity contribution in [3.8, 4) is 0 Å². The molecule has 0 saturated carbocycles. The summed E-state index contributed by atoms with van der Waals surface area (Å²) in [6, 6.07) is 8.16. The van der Waals surface area contributed by atoms with E-state index in [4.69, 9.17) is 13.6 Å². The van der Waals surface area contributed by atoms with Gasteiger partial charge in [0.25, 0.3) is 5.91 Å². The molecule has 2 aromatic heterocycles. The summed E-state index contributed by atoms with van der Waals surface area (Å²) in [6.45, 7) is 5.43. The first-order valence-electron chi connectivity index (χ1n) is 16.8. The number of ether oxygens (including phenoxy) is 1. The molecule has 286 valence electrons. The molecule has 2 aliphatic rings. The fraction of sp³-hybridized carbons (Fsp3) is 0.378. The molecule has 1 unspecified atom stereocenters. The smallest absolute Gasteiger partial charge is 0.519 e. The molecule has 3 aromatic rings. The van der Waals surface area contributed by atoms with E-state index in [-0.39, 0.29) is 36.7 Å². The fourth-order valence-electron chi connectivity index (χ4n) is 5.97. The number of Topliss-reactive ketones (excluding diaryl/α,β-unsaturated/α-hetero) is 1. The van der Waals surface area contributed by atoms with E-state index in [9.17, 15) is 38.4 Å². The molecule has 14 nitrogen and oxygen atoms in total. The Morgan fingerprint density at radius 3 is 2.59 bits per heavy atom. The first-order valence-corrected chi connectivity index (χ1v) is 19.8. The molecule has 54 heavy (non-hydrogen) atoms. The Morgan fingerprint density at radius 1 is 1.17 bits per heavy atom. The van der Waals surface area contributed by atoms with Crippen LogP contribution >= 0.6 is 23.1 Å². The van der Waals surface area contributed by atoms with E-state index < -0.39 is 81.1 Å². The van der Waals surface area contributed by atoms with Gasteiger partial charge in [0.1, 0.15) is 29.3 Å². The Bertz CT molecular complexity index is 2050. The van der Waals surface area contributed by atoms with Crippen molar-refractivity contribution in [1.29, 1.82) is 0 Å². The van der Waals surface area contributed by atoms with Crippen LogP contribution in [0.1, 0.15) is 73.9 Å². The van der Waals surface area contributed by atoms with Crippen LogP contribution in [0.3, 0.4) is 0 Å². The number of rotatable bonds is 9. The van der Waals surface area contributed by atoms with Crippen LogP contribution in [0.25, 0.3) is 6.08 Å². The average molecular weight is 798 g/mol. The Morgan fingerprint density at radius 2 is 1.89 bits per heavy atom. The highest BCUT2D eigenvalue weighted by molar-refractivity contribution is 8.13. The number of nitrogens with zero attached hydrogens (tertiary/aromatic N) is 2. The fourth-order valence-corrected chi connectivity index (χ4v) is 9.91. The van der Waals surface area contributed by atoms with Crippen molar-refractivity contribution >= 4 is 69.2 Å². The van der Waals surface area contributed by atoms with Gasteiger partial charge in [-0.2, -0.15) is 4.31 Å². The topological polar surface area (TPSA) is 209 Å². The minimum Gasteiger partial charge on any atom is -0.592 e. The number of ketones is 2. The molecular formula is C37H39N3O11S3. The maximum absolute atomic E-state index is 14.6. The zero-order valence-electron chi connectivity index (χ0n) is 29.9. The molecule has 4 bridgehead atoms. The molecule has 2 N–H and O–H groups in total.